The van der Waals surface area contributed by atoms with Gasteiger partial charge in [-0.05, 0) is 79.6 Å². The predicted octanol–water partition coefficient (Wildman–Crippen LogP) is 6.98. The van der Waals surface area contributed by atoms with Crippen LogP contribution in [0.4, 0.5) is 0 Å². The van der Waals surface area contributed by atoms with Crippen molar-refractivity contribution < 1.29 is 0 Å². The van der Waals surface area contributed by atoms with Crippen molar-refractivity contribution in [2.45, 2.75) is 25.4 Å². The largest absolute Gasteiger partial charge is 0.351 e. The molecule has 0 saturated heterocycles. The minimum absolute atomic E-state index is 0.106. The highest BCUT2D eigenvalue weighted by atomic mass is 15.3. The van der Waals surface area contributed by atoms with Crippen LogP contribution < -0.4 is 0 Å². The highest BCUT2D eigenvalue weighted by Crippen LogP contribution is 2.13. The standard InChI is InChI=1S/C7H9N.8C6H5N3/c1-3-7-4-2-6-8(7)5-1;2*1-3-9-4-2-8-6(9)5-7-1;1-3-7-6-2-4-8-9(6)5-1;1-2-7-3-6-5(1)8-4-9-6;1-2-7-5-9-4-3-8-6(1)9;1-2-6-7-4-5-9(6)8-3-1;1-2-4-9-5-7-8-6(9)3-1;1-2-4-9-6(3-1)7-5-8-9/h1,3,5H,2,4,6H2;3*1-5H;1-4,6H;4*1-5H. The Hall–Kier alpha value is -11.6. The Morgan fingerprint density at radius 3 is 1.85 bits per heavy atom. The van der Waals surface area contributed by atoms with Crippen LogP contribution in [0.1, 0.15) is 12.1 Å². The summed E-state index contributed by atoms with van der Waals surface area (Å²) in [6, 6.07) is 25.3. The summed E-state index contributed by atoms with van der Waals surface area (Å²) in [6.45, 7) is 1.24. The highest BCUT2D eigenvalue weighted by Gasteiger charge is 2.14. The van der Waals surface area contributed by atoms with Gasteiger partial charge >= 0.3 is 0 Å². The number of imidazole rings is 4. The van der Waals surface area contributed by atoms with Crippen LogP contribution in [0, 0.1) is 0 Å². The van der Waals surface area contributed by atoms with Gasteiger partial charge < -0.3 is 13.4 Å². The number of aryl methyl sites for hydroxylation is 2. The van der Waals surface area contributed by atoms with Crippen LogP contribution >= 0.6 is 0 Å². The zero-order valence-corrected chi connectivity index (χ0v) is 42.6. The summed E-state index contributed by atoms with van der Waals surface area (Å²) >= 11 is 0. The molecule has 0 N–H and O–H groups in total. The monoisotopic (exact) mass is 1060 g/mol. The van der Waals surface area contributed by atoms with Gasteiger partial charge in [-0.25, -0.2) is 53.4 Å². The summed E-state index contributed by atoms with van der Waals surface area (Å²) < 4.78 is 15.0. The molecule has 25 heteroatoms. The molecule has 3 aliphatic rings. The molecule has 80 heavy (non-hydrogen) atoms. The van der Waals surface area contributed by atoms with Crippen LogP contribution in [-0.4, -0.2) is 130 Å². The maximum absolute atomic E-state index is 4.04. The summed E-state index contributed by atoms with van der Waals surface area (Å²) in [5, 5.41) is 19.4. The number of hydrogen-bond acceptors (Lipinski definition) is 17. The van der Waals surface area contributed by atoms with Crippen LogP contribution in [0.15, 0.2) is 261 Å². The van der Waals surface area contributed by atoms with Gasteiger partial charge in [-0.2, -0.15) is 15.3 Å². The molecule has 1 atom stereocenters. The average molecular weight is 1060 g/mol. The van der Waals surface area contributed by atoms with E-state index in [9.17, 15) is 0 Å². The van der Waals surface area contributed by atoms with Crippen molar-refractivity contribution in [3.8, 4) is 0 Å². The fraction of sp³-hybridized carbons (Fsp3) is 0.0727. The number of aromatic nitrogens is 22. The van der Waals surface area contributed by atoms with E-state index in [2.05, 4.69) is 108 Å². The molecule has 0 fully saturated rings. The van der Waals surface area contributed by atoms with Crippen LogP contribution in [0.2, 0.25) is 0 Å². The minimum Gasteiger partial charge on any atom is -0.351 e. The van der Waals surface area contributed by atoms with Gasteiger partial charge in [0.2, 0.25) is 0 Å². The molecular weight excluding hydrogens is 1010 g/mol. The first-order valence-electron chi connectivity index (χ1n) is 24.8. The molecule has 0 saturated carbocycles. The Kier molecular flexibility index (Phi) is 17.7. The number of nitrogens with zero attached hydrogens (tertiary/aromatic N) is 25. The molecule has 0 aromatic carbocycles. The summed E-state index contributed by atoms with van der Waals surface area (Å²) in [5.41, 5.74) is 8.75. The second-order valence-corrected chi connectivity index (χ2v) is 16.6. The zero-order chi connectivity index (χ0) is 54.2. The van der Waals surface area contributed by atoms with Gasteiger partial charge in [0.05, 0.1) is 24.3 Å². The molecule has 394 valence electrons. The van der Waals surface area contributed by atoms with Crippen LogP contribution in [-0.2, 0) is 13.0 Å². The van der Waals surface area contributed by atoms with Crippen molar-refractivity contribution in [2.75, 3.05) is 0 Å². The van der Waals surface area contributed by atoms with E-state index < -0.39 is 0 Å². The number of rotatable bonds is 0. The lowest BCUT2D eigenvalue weighted by molar-refractivity contribution is 0.750. The van der Waals surface area contributed by atoms with Crippen LogP contribution in [0.3, 0.4) is 0 Å². The van der Waals surface area contributed by atoms with Gasteiger partial charge in [-0.1, -0.05) is 12.1 Å². The second-order valence-electron chi connectivity index (χ2n) is 16.6. The van der Waals surface area contributed by atoms with Crippen LogP contribution in [0.25, 0.3) is 39.5 Å². The predicted molar refractivity (Wildman–Crippen MR) is 301 cm³/mol. The van der Waals surface area contributed by atoms with Gasteiger partial charge in [0.15, 0.2) is 33.9 Å². The third kappa shape index (κ3) is 14.4. The first-order valence-corrected chi connectivity index (χ1v) is 24.8. The summed E-state index contributed by atoms with van der Waals surface area (Å²) in [4.78, 5) is 47.8. The van der Waals surface area contributed by atoms with E-state index in [-0.39, 0.29) is 6.04 Å². The quantitative estimate of drug-likeness (QED) is 0.149. The topological polar surface area (TPSA) is 253 Å². The summed E-state index contributed by atoms with van der Waals surface area (Å²) in [7, 11) is 0. The molecule has 0 bridgehead atoms. The molecule has 0 aliphatic carbocycles. The Bertz CT molecular complexity index is 3500. The Labute approximate surface area is 454 Å². The number of fused-ring (bicyclic) bond motifs is 9. The average Bonchev–Trinajstić information content (AvgIpc) is 4.36. The molecule has 15 aromatic heterocycles. The van der Waals surface area contributed by atoms with Gasteiger partial charge in [0.25, 0.3) is 0 Å². The molecule has 18 rings (SSSR count). The van der Waals surface area contributed by atoms with E-state index in [0.717, 1.165) is 45.2 Å². The van der Waals surface area contributed by atoms with Crippen LogP contribution in [0.5, 0.6) is 0 Å². The minimum atomic E-state index is 0.106. The normalized spacial score (nSPS) is 12.9. The lowest BCUT2D eigenvalue weighted by atomic mass is 10.2. The Morgan fingerprint density at radius 2 is 1.09 bits per heavy atom. The Morgan fingerprint density at radius 1 is 0.438 bits per heavy atom. The number of aliphatic imine (C=N–C) groups is 3. The fourth-order valence-electron chi connectivity index (χ4n) is 7.53. The molecule has 0 radical (unpaired) electrons. The molecule has 0 amide bonds. The Balaban J connectivity index is 0.000000101. The van der Waals surface area contributed by atoms with Gasteiger partial charge in [0, 0.05) is 148 Å². The second kappa shape index (κ2) is 27.2. The maximum atomic E-state index is 4.04. The first-order chi connectivity index (χ1) is 39.7. The molecule has 0 spiro atoms. The van der Waals surface area contributed by atoms with E-state index in [1.54, 1.807) is 119 Å². The van der Waals surface area contributed by atoms with E-state index >= 15 is 0 Å². The number of hydrogen-bond donors (Lipinski definition) is 0. The van der Waals surface area contributed by atoms with E-state index in [4.69, 9.17) is 0 Å². The fourth-order valence-corrected chi connectivity index (χ4v) is 7.53. The lowest BCUT2D eigenvalue weighted by Crippen LogP contribution is -2.16. The first kappa shape index (κ1) is 51.8. The SMILES string of the molecule is C1=CC2=NC=NC2C=N1.c1cc2n(c1)CCC2.c1cc2nccn2cn1.c1ccn2cnnc2c1.c1ccn2ncnc2c1.c1cn2ccnc2cn1.c1cn2ccnc2cn1.c1cnc2ccnn2c1.c1cnn2ccnc2c1. The van der Waals surface area contributed by atoms with Gasteiger partial charge in [-0.15, -0.1) is 10.2 Å². The molecule has 1 unspecified atom stereocenters. The smallest absolute Gasteiger partial charge is 0.160 e. The summed E-state index contributed by atoms with van der Waals surface area (Å²) in [6.07, 6.45) is 54.3. The molecular formula is C55H49N25. The third-order valence-corrected chi connectivity index (χ3v) is 11.4. The lowest BCUT2D eigenvalue weighted by Gasteiger charge is -2.01. The van der Waals surface area contributed by atoms with Gasteiger partial charge in [0.1, 0.15) is 37.0 Å². The van der Waals surface area contributed by atoms with Crippen molar-refractivity contribution >= 4 is 57.8 Å². The van der Waals surface area contributed by atoms with Crippen molar-refractivity contribution in [1.82, 2.24) is 106 Å². The molecule has 15 aromatic rings. The molecule has 25 nitrogen and oxygen atoms in total. The van der Waals surface area contributed by atoms with E-state index in [1.165, 1.54) is 31.4 Å². The van der Waals surface area contributed by atoms with E-state index in [0.29, 0.717) is 0 Å². The van der Waals surface area contributed by atoms with Crippen molar-refractivity contribution in [3.05, 3.63) is 252 Å². The zero-order valence-electron chi connectivity index (χ0n) is 42.6. The van der Waals surface area contributed by atoms with E-state index in [1.807, 2.05) is 146 Å². The molecule has 18 heterocycles. The highest BCUT2D eigenvalue weighted by molar-refractivity contribution is 6.16. The van der Waals surface area contributed by atoms with Crippen molar-refractivity contribution in [3.63, 3.8) is 0 Å². The maximum Gasteiger partial charge on any atom is 0.160 e. The molecule has 3 aliphatic heterocycles. The van der Waals surface area contributed by atoms with Crippen molar-refractivity contribution in [2.24, 2.45) is 15.0 Å². The van der Waals surface area contributed by atoms with Gasteiger partial charge in [-0.3, -0.25) is 28.8 Å². The third-order valence-electron chi connectivity index (χ3n) is 11.4. The number of pyridine rings is 2. The summed E-state index contributed by atoms with van der Waals surface area (Å²) in [5.74, 6) is 0. The van der Waals surface area contributed by atoms with Crippen molar-refractivity contribution in [1.29, 1.82) is 0 Å².